The van der Waals surface area contributed by atoms with Gasteiger partial charge in [-0.1, -0.05) is 0 Å². The summed E-state index contributed by atoms with van der Waals surface area (Å²) in [6.07, 6.45) is 3.25. The highest BCUT2D eigenvalue weighted by Crippen LogP contribution is 2.14. The molecule has 3 heterocycles. The van der Waals surface area contributed by atoms with E-state index < -0.39 is 0 Å². The minimum atomic E-state index is 0.169. The summed E-state index contributed by atoms with van der Waals surface area (Å²) in [6.45, 7) is 7.33. The molecule has 3 rings (SSSR count). The molecule has 0 aromatic rings. The molecule has 21 heavy (non-hydrogen) atoms. The van der Waals surface area contributed by atoms with Gasteiger partial charge in [0.05, 0.1) is 12.5 Å². The minimum Gasteiger partial charge on any atom is -0.342 e. The lowest BCUT2D eigenvalue weighted by Gasteiger charge is -2.36. The maximum atomic E-state index is 12.3. The molecule has 0 aromatic heterocycles. The summed E-state index contributed by atoms with van der Waals surface area (Å²) in [4.78, 5) is 30.6. The predicted molar refractivity (Wildman–Crippen MR) is 79.8 cm³/mol. The predicted octanol–water partition coefficient (Wildman–Crippen LogP) is -0.637. The number of rotatable bonds is 3. The Bertz CT molecular complexity index is 381. The first-order valence-corrected chi connectivity index (χ1v) is 8.23. The minimum absolute atomic E-state index is 0.169. The Kier molecular flexibility index (Phi) is 4.75. The van der Waals surface area contributed by atoms with E-state index in [1.165, 1.54) is 0 Å². The molecule has 0 bridgehead atoms. The molecule has 118 valence electrons. The first-order chi connectivity index (χ1) is 10.2. The van der Waals surface area contributed by atoms with Gasteiger partial charge in [0.25, 0.3) is 0 Å². The molecule has 6 heteroatoms. The zero-order valence-electron chi connectivity index (χ0n) is 12.7. The number of amides is 2. The Morgan fingerprint density at radius 1 is 0.952 bits per heavy atom. The molecule has 0 aromatic carbocycles. The van der Waals surface area contributed by atoms with E-state index in [2.05, 4.69) is 10.2 Å². The van der Waals surface area contributed by atoms with Crippen LogP contribution in [0.15, 0.2) is 0 Å². The van der Waals surface area contributed by atoms with Gasteiger partial charge in [0.1, 0.15) is 0 Å². The molecule has 3 aliphatic heterocycles. The van der Waals surface area contributed by atoms with Crippen LogP contribution in [0.4, 0.5) is 0 Å². The Labute approximate surface area is 126 Å². The first kappa shape index (κ1) is 14.8. The van der Waals surface area contributed by atoms with E-state index in [-0.39, 0.29) is 11.8 Å². The quantitative estimate of drug-likeness (QED) is 0.752. The molecule has 3 fully saturated rings. The van der Waals surface area contributed by atoms with Gasteiger partial charge in [-0.05, 0) is 25.8 Å². The van der Waals surface area contributed by atoms with E-state index in [9.17, 15) is 9.59 Å². The van der Waals surface area contributed by atoms with Gasteiger partial charge in [-0.3, -0.25) is 14.5 Å². The zero-order chi connectivity index (χ0) is 14.7. The number of hydrogen-bond donors (Lipinski definition) is 1. The number of nitrogens with one attached hydrogen (secondary N) is 1. The maximum Gasteiger partial charge on any atom is 0.236 e. The number of likely N-dealkylation sites (tertiary alicyclic amines) is 1. The van der Waals surface area contributed by atoms with Crippen LogP contribution in [0.1, 0.15) is 19.3 Å². The fourth-order valence-electron chi connectivity index (χ4n) is 3.51. The Morgan fingerprint density at radius 2 is 1.67 bits per heavy atom. The van der Waals surface area contributed by atoms with Gasteiger partial charge in [-0.2, -0.15) is 0 Å². The Hall–Kier alpha value is -1.14. The van der Waals surface area contributed by atoms with E-state index in [0.29, 0.717) is 12.5 Å². The molecule has 3 aliphatic rings. The van der Waals surface area contributed by atoms with Crippen molar-refractivity contribution in [3.05, 3.63) is 0 Å². The standard InChI is InChI=1S/C15H26N4O2/c20-14(18-5-1-2-6-18)12-17-7-9-19(10-8-17)15(21)13-3-4-16-11-13/h13,16H,1-12H2. The second-order valence-electron chi connectivity index (χ2n) is 6.38. The number of carbonyl (C=O) groups is 2. The lowest BCUT2D eigenvalue weighted by molar-refractivity contribution is -0.137. The van der Waals surface area contributed by atoms with Crippen LogP contribution in [0, 0.1) is 5.92 Å². The Morgan fingerprint density at radius 3 is 2.29 bits per heavy atom. The molecule has 0 radical (unpaired) electrons. The van der Waals surface area contributed by atoms with Crippen molar-refractivity contribution in [1.82, 2.24) is 20.0 Å². The van der Waals surface area contributed by atoms with Crippen LogP contribution in [0.3, 0.4) is 0 Å². The highest BCUT2D eigenvalue weighted by atomic mass is 16.2. The van der Waals surface area contributed by atoms with Crippen molar-refractivity contribution < 1.29 is 9.59 Å². The van der Waals surface area contributed by atoms with Crippen LogP contribution in [0.5, 0.6) is 0 Å². The van der Waals surface area contributed by atoms with E-state index >= 15 is 0 Å². The summed E-state index contributed by atoms with van der Waals surface area (Å²) >= 11 is 0. The largest absolute Gasteiger partial charge is 0.342 e. The van der Waals surface area contributed by atoms with Crippen molar-refractivity contribution in [3.8, 4) is 0 Å². The van der Waals surface area contributed by atoms with Gasteiger partial charge >= 0.3 is 0 Å². The third kappa shape index (κ3) is 3.55. The SMILES string of the molecule is O=C(CN1CCN(C(=O)C2CCNC2)CC1)N1CCCC1. The number of carbonyl (C=O) groups excluding carboxylic acids is 2. The van der Waals surface area contributed by atoms with Gasteiger partial charge < -0.3 is 15.1 Å². The van der Waals surface area contributed by atoms with Crippen LogP contribution >= 0.6 is 0 Å². The van der Waals surface area contributed by atoms with Crippen molar-refractivity contribution in [2.24, 2.45) is 5.92 Å². The van der Waals surface area contributed by atoms with Gasteiger partial charge in [-0.25, -0.2) is 0 Å². The number of piperazine rings is 1. The van der Waals surface area contributed by atoms with Gasteiger partial charge in [0.15, 0.2) is 0 Å². The average Bonchev–Trinajstić information content (AvgIpc) is 3.20. The van der Waals surface area contributed by atoms with E-state index in [1.54, 1.807) is 0 Å². The fourth-order valence-corrected chi connectivity index (χ4v) is 3.51. The number of hydrogen-bond acceptors (Lipinski definition) is 4. The normalized spacial score (nSPS) is 27.3. The van der Waals surface area contributed by atoms with Crippen molar-refractivity contribution in [1.29, 1.82) is 0 Å². The van der Waals surface area contributed by atoms with Crippen molar-refractivity contribution >= 4 is 11.8 Å². The molecular formula is C15H26N4O2. The average molecular weight is 294 g/mol. The third-order valence-electron chi connectivity index (χ3n) is 4.91. The first-order valence-electron chi connectivity index (χ1n) is 8.23. The van der Waals surface area contributed by atoms with E-state index in [1.807, 2.05) is 9.80 Å². The second-order valence-corrected chi connectivity index (χ2v) is 6.38. The molecule has 0 aliphatic carbocycles. The third-order valence-corrected chi connectivity index (χ3v) is 4.91. The van der Waals surface area contributed by atoms with Crippen LogP contribution < -0.4 is 5.32 Å². The monoisotopic (exact) mass is 294 g/mol. The van der Waals surface area contributed by atoms with Gasteiger partial charge in [0.2, 0.25) is 11.8 Å². The summed E-state index contributed by atoms with van der Waals surface area (Å²) < 4.78 is 0. The van der Waals surface area contributed by atoms with Crippen LogP contribution in [-0.2, 0) is 9.59 Å². The summed E-state index contributed by atoms with van der Waals surface area (Å²) in [5.41, 5.74) is 0. The van der Waals surface area contributed by atoms with Crippen molar-refractivity contribution in [2.75, 3.05) is 58.9 Å². The lowest BCUT2D eigenvalue weighted by Crippen LogP contribution is -2.52. The van der Waals surface area contributed by atoms with Crippen molar-refractivity contribution in [3.63, 3.8) is 0 Å². The van der Waals surface area contributed by atoms with Crippen molar-refractivity contribution in [2.45, 2.75) is 19.3 Å². The molecule has 1 N–H and O–H groups in total. The van der Waals surface area contributed by atoms with Crippen LogP contribution in [-0.4, -0.2) is 85.4 Å². The maximum absolute atomic E-state index is 12.3. The summed E-state index contributed by atoms with van der Waals surface area (Å²) in [5.74, 6) is 0.723. The lowest BCUT2D eigenvalue weighted by atomic mass is 10.1. The second kappa shape index (κ2) is 6.75. The molecule has 0 spiro atoms. The van der Waals surface area contributed by atoms with Gasteiger partial charge in [-0.15, -0.1) is 0 Å². The highest BCUT2D eigenvalue weighted by molar-refractivity contribution is 5.80. The molecular weight excluding hydrogens is 268 g/mol. The summed E-state index contributed by atoms with van der Waals surface area (Å²) in [6, 6.07) is 0. The topological polar surface area (TPSA) is 55.9 Å². The van der Waals surface area contributed by atoms with Gasteiger partial charge in [0, 0.05) is 45.8 Å². The van der Waals surface area contributed by atoms with Crippen LogP contribution in [0.25, 0.3) is 0 Å². The molecule has 2 amide bonds. The molecule has 1 atom stereocenters. The molecule has 0 saturated carbocycles. The summed E-state index contributed by atoms with van der Waals surface area (Å²) in [5, 5.41) is 3.25. The van der Waals surface area contributed by atoms with Crippen LogP contribution in [0.2, 0.25) is 0 Å². The zero-order valence-corrected chi connectivity index (χ0v) is 12.7. The van der Waals surface area contributed by atoms with E-state index in [0.717, 1.165) is 71.6 Å². The van der Waals surface area contributed by atoms with E-state index in [4.69, 9.17) is 0 Å². The smallest absolute Gasteiger partial charge is 0.236 e. The Balaban J connectivity index is 1.42. The number of nitrogens with zero attached hydrogens (tertiary/aromatic N) is 3. The summed E-state index contributed by atoms with van der Waals surface area (Å²) in [7, 11) is 0. The molecule has 3 saturated heterocycles. The molecule has 1 unspecified atom stereocenters. The molecule has 6 nitrogen and oxygen atoms in total. The fraction of sp³-hybridized carbons (Fsp3) is 0.867. The highest BCUT2D eigenvalue weighted by Gasteiger charge is 2.30.